The summed E-state index contributed by atoms with van der Waals surface area (Å²) in [5.41, 5.74) is 1.52. The van der Waals surface area contributed by atoms with Crippen molar-refractivity contribution < 1.29 is 5.11 Å². The predicted octanol–water partition coefficient (Wildman–Crippen LogP) is 4.74. The van der Waals surface area contributed by atoms with E-state index in [0.29, 0.717) is 11.7 Å². The van der Waals surface area contributed by atoms with Gasteiger partial charge in [-0.05, 0) is 55.8 Å². The fourth-order valence-corrected chi connectivity index (χ4v) is 3.83. The van der Waals surface area contributed by atoms with E-state index in [1.54, 1.807) is 6.07 Å². The Labute approximate surface area is 135 Å². The average Bonchev–Trinajstić information content (AvgIpc) is 2.87. The highest BCUT2D eigenvalue weighted by molar-refractivity contribution is 5.34. The van der Waals surface area contributed by atoms with E-state index in [-0.39, 0.29) is 5.41 Å². The van der Waals surface area contributed by atoms with Crippen LogP contribution in [0.4, 0.5) is 0 Å². The molecule has 2 nitrogen and oxygen atoms in total. The minimum absolute atomic E-state index is 0.210. The first-order valence-electron chi connectivity index (χ1n) is 8.72. The Kier molecular flexibility index (Phi) is 6.07. The highest BCUT2D eigenvalue weighted by Crippen LogP contribution is 2.41. The molecule has 122 valence electrons. The Morgan fingerprint density at radius 1 is 1.32 bits per heavy atom. The highest BCUT2D eigenvalue weighted by atomic mass is 16.3. The summed E-state index contributed by atoms with van der Waals surface area (Å²) in [6.07, 6.45) is 9.22. The Balaban J connectivity index is 2.10. The zero-order valence-corrected chi connectivity index (χ0v) is 14.4. The number of allylic oxidation sites excluding steroid dienone is 1. The van der Waals surface area contributed by atoms with Crippen molar-refractivity contribution in [3.05, 3.63) is 42.0 Å². The summed E-state index contributed by atoms with van der Waals surface area (Å²) in [6.45, 7) is 10.2. The first kappa shape index (κ1) is 17.1. The summed E-state index contributed by atoms with van der Waals surface area (Å²) in [5, 5.41) is 9.87. The molecule has 1 saturated heterocycles. The molecule has 0 spiro atoms. The van der Waals surface area contributed by atoms with Crippen molar-refractivity contribution in [3.63, 3.8) is 0 Å². The van der Waals surface area contributed by atoms with E-state index in [4.69, 9.17) is 0 Å². The number of likely N-dealkylation sites (tertiary alicyclic amines) is 1. The lowest BCUT2D eigenvalue weighted by Gasteiger charge is -2.32. The third-order valence-electron chi connectivity index (χ3n) is 4.70. The summed E-state index contributed by atoms with van der Waals surface area (Å²) in [6, 6.07) is 7.93. The molecular formula is C20H31NO. The molecule has 1 N–H and O–H groups in total. The molecule has 1 aliphatic heterocycles. The van der Waals surface area contributed by atoms with Crippen LogP contribution in [0.25, 0.3) is 0 Å². The number of benzene rings is 1. The van der Waals surface area contributed by atoms with E-state index in [1.165, 1.54) is 24.9 Å². The molecule has 0 amide bonds. The van der Waals surface area contributed by atoms with Crippen LogP contribution >= 0.6 is 0 Å². The largest absolute Gasteiger partial charge is 0.508 e. The first-order chi connectivity index (χ1) is 10.6. The second-order valence-electron chi connectivity index (χ2n) is 7.12. The number of phenolic OH excluding ortho intramolecular Hbond substituents is 1. The smallest absolute Gasteiger partial charge is 0.115 e. The molecule has 1 aromatic carbocycles. The quantitative estimate of drug-likeness (QED) is 0.735. The number of nitrogens with zero attached hydrogens (tertiary/aromatic N) is 1. The lowest BCUT2D eigenvalue weighted by Crippen LogP contribution is -2.33. The first-order valence-corrected chi connectivity index (χ1v) is 8.72. The molecule has 1 fully saturated rings. The Morgan fingerprint density at radius 2 is 2.14 bits per heavy atom. The van der Waals surface area contributed by atoms with Crippen LogP contribution in [0.5, 0.6) is 5.75 Å². The monoisotopic (exact) mass is 301 g/mol. The second kappa shape index (κ2) is 7.82. The fourth-order valence-electron chi connectivity index (χ4n) is 3.83. The van der Waals surface area contributed by atoms with Gasteiger partial charge < -0.3 is 10.0 Å². The molecule has 22 heavy (non-hydrogen) atoms. The van der Waals surface area contributed by atoms with Crippen LogP contribution in [0.1, 0.15) is 52.0 Å². The Bertz CT molecular complexity index is 494. The molecule has 1 aromatic rings. The second-order valence-corrected chi connectivity index (χ2v) is 7.12. The van der Waals surface area contributed by atoms with Crippen molar-refractivity contribution in [2.45, 2.75) is 51.9 Å². The van der Waals surface area contributed by atoms with E-state index in [9.17, 15) is 5.11 Å². The molecule has 0 unspecified atom stereocenters. The summed E-state index contributed by atoms with van der Waals surface area (Å²) in [4.78, 5) is 2.59. The summed E-state index contributed by atoms with van der Waals surface area (Å²) in [5.74, 6) is 1.06. The Hall–Kier alpha value is -1.28. The van der Waals surface area contributed by atoms with Crippen molar-refractivity contribution in [3.8, 4) is 5.75 Å². The summed E-state index contributed by atoms with van der Waals surface area (Å²) < 4.78 is 0. The van der Waals surface area contributed by atoms with Gasteiger partial charge in [0.05, 0.1) is 0 Å². The van der Waals surface area contributed by atoms with E-state index < -0.39 is 0 Å². The summed E-state index contributed by atoms with van der Waals surface area (Å²) in [7, 11) is 0. The predicted molar refractivity (Wildman–Crippen MR) is 94.3 cm³/mol. The van der Waals surface area contributed by atoms with Gasteiger partial charge in [0.2, 0.25) is 0 Å². The van der Waals surface area contributed by atoms with Crippen LogP contribution in [0, 0.1) is 5.92 Å². The van der Waals surface area contributed by atoms with Crippen molar-refractivity contribution in [1.29, 1.82) is 0 Å². The average molecular weight is 301 g/mol. The molecule has 2 heteroatoms. The van der Waals surface area contributed by atoms with Gasteiger partial charge >= 0.3 is 0 Å². The topological polar surface area (TPSA) is 23.5 Å². The number of aromatic hydroxyl groups is 1. The van der Waals surface area contributed by atoms with Crippen molar-refractivity contribution in [1.82, 2.24) is 4.90 Å². The minimum Gasteiger partial charge on any atom is -0.508 e. The van der Waals surface area contributed by atoms with Crippen LogP contribution < -0.4 is 0 Å². The van der Waals surface area contributed by atoms with Crippen molar-refractivity contribution in [2.75, 3.05) is 19.6 Å². The normalized spacial score (nSPS) is 22.9. The molecule has 0 aliphatic carbocycles. The van der Waals surface area contributed by atoms with Gasteiger partial charge in [0.25, 0.3) is 0 Å². The van der Waals surface area contributed by atoms with Gasteiger partial charge in [0, 0.05) is 18.5 Å². The van der Waals surface area contributed by atoms with Crippen molar-refractivity contribution in [2.24, 2.45) is 5.92 Å². The van der Waals surface area contributed by atoms with Gasteiger partial charge in [0.1, 0.15) is 5.75 Å². The van der Waals surface area contributed by atoms with Crippen LogP contribution in [-0.2, 0) is 5.41 Å². The Morgan fingerprint density at radius 3 is 2.82 bits per heavy atom. The highest BCUT2D eigenvalue weighted by Gasteiger charge is 2.39. The molecule has 0 aromatic heterocycles. The SMILES string of the molecule is CC/C=C/CCN1CC[C@@](CC(C)C)(c2cccc(O)c2)C1. The van der Waals surface area contributed by atoms with Gasteiger partial charge in [-0.25, -0.2) is 0 Å². The standard InChI is InChI=1S/C20H31NO/c1-4-5-6-7-12-21-13-11-20(16-21,15-17(2)3)18-9-8-10-19(22)14-18/h5-6,8-10,14,17,22H,4,7,11-13,15-16H2,1-3H3/b6-5+/t20-/m0/s1. The lowest BCUT2D eigenvalue weighted by atomic mass is 9.73. The number of hydrogen-bond acceptors (Lipinski definition) is 2. The molecule has 1 heterocycles. The zero-order valence-electron chi connectivity index (χ0n) is 14.4. The van der Waals surface area contributed by atoms with Crippen molar-refractivity contribution >= 4 is 0 Å². The van der Waals surface area contributed by atoms with E-state index in [1.807, 2.05) is 12.1 Å². The van der Waals surface area contributed by atoms with E-state index in [2.05, 4.69) is 43.9 Å². The number of rotatable bonds is 7. The van der Waals surface area contributed by atoms with Gasteiger partial charge in [-0.3, -0.25) is 0 Å². The van der Waals surface area contributed by atoms with Gasteiger partial charge in [-0.15, -0.1) is 0 Å². The van der Waals surface area contributed by atoms with Gasteiger partial charge in [-0.2, -0.15) is 0 Å². The van der Waals surface area contributed by atoms with Crippen LogP contribution in [0.2, 0.25) is 0 Å². The summed E-state index contributed by atoms with van der Waals surface area (Å²) >= 11 is 0. The fraction of sp³-hybridized carbons (Fsp3) is 0.600. The number of phenols is 1. The molecular weight excluding hydrogens is 270 g/mol. The molecule has 1 atom stereocenters. The van der Waals surface area contributed by atoms with Gasteiger partial charge in [-0.1, -0.05) is 45.1 Å². The van der Waals surface area contributed by atoms with E-state index >= 15 is 0 Å². The maximum Gasteiger partial charge on any atom is 0.115 e. The maximum atomic E-state index is 9.87. The lowest BCUT2D eigenvalue weighted by molar-refractivity contribution is 0.290. The number of hydrogen-bond donors (Lipinski definition) is 1. The van der Waals surface area contributed by atoms with E-state index in [0.717, 1.165) is 25.9 Å². The molecule has 2 rings (SSSR count). The van der Waals surface area contributed by atoms with Crippen LogP contribution in [-0.4, -0.2) is 29.6 Å². The zero-order chi connectivity index (χ0) is 16.0. The minimum atomic E-state index is 0.210. The van der Waals surface area contributed by atoms with Crippen LogP contribution in [0.3, 0.4) is 0 Å². The van der Waals surface area contributed by atoms with Crippen LogP contribution in [0.15, 0.2) is 36.4 Å². The maximum absolute atomic E-state index is 9.87. The molecule has 0 radical (unpaired) electrons. The van der Waals surface area contributed by atoms with Gasteiger partial charge in [0.15, 0.2) is 0 Å². The third kappa shape index (κ3) is 4.36. The molecule has 0 saturated carbocycles. The molecule has 1 aliphatic rings. The molecule has 0 bridgehead atoms. The third-order valence-corrected chi connectivity index (χ3v) is 4.70.